The van der Waals surface area contributed by atoms with Gasteiger partial charge in [-0.3, -0.25) is 37.3 Å². The third-order valence-electron chi connectivity index (χ3n) is 17.1. The molecule has 0 spiro atoms. The standard InChI is InChI=1S/C75H142O17P2/c1-8-10-11-12-13-14-15-16-17-21-24-27-35-42-49-56-72(77)85-62-70(91-74(79)58-51-44-36-28-25-22-19-18-20-23-26-34-41-48-55-68(7)9-2)64-89-93(81,82)87-60-69(76)61-88-94(83,84)90-65-71(63-86-73(78)57-50-43-38-31-33-40-47-54-67(5)6)92-75(80)59-52-45-37-30-29-32-39-46-53-66(3)4/h14-17,66-71,76H,8-13,18-65H2,1-7H3,(H,81,82)(H,83,84)/b15-14-,17-16-/t68?,69?,70-,71-/m1/s1. The van der Waals surface area contributed by atoms with Crippen molar-refractivity contribution >= 4 is 39.5 Å². The summed E-state index contributed by atoms with van der Waals surface area (Å²) >= 11 is 0. The van der Waals surface area contributed by atoms with Gasteiger partial charge in [-0.1, -0.05) is 304 Å². The summed E-state index contributed by atoms with van der Waals surface area (Å²) in [4.78, 5) is 72.7. The lowest BCUT2D eigenvalue weighted by Gasteiger charge is -2.21. The maximum atomic E-state index is 13.1. The summed E-state index contributed by atoms with van der Waals surface area (Å²) < 4.78 is 68.4. The van der Waals surface area contributed by atoms with Gasteiger partial charge in [0.1, 0.15) is 19.3 Å². The topological polar surface area (TPSA) is 237 Å². The molecule has 3 N–H and O–H groups in total. The molecular weight excluding hydrogens is 1230 g/mol. The molecule has 0 amide bonds. The fraction of sp³-hybridized carbons (Fsp3) is 0.893. The van der Waals surface area contributed by atoms with Crippen molar-refractivity contribution in [3.63, 3.8) is 0 Å². The first-order valence-corrected chi connectivity index (χ1v) is 41.2. The highest BCUT2D eigenvalue weighted by Crippen LogP contribution is 2.45. The predicted octanol–water partition coefficient (Wildman–Crippen LogP) is 21.3. The van der Waals surface area contributed by atoms with Gasteiger partial charge in [-0.15, -0.1) is 0 Å². The molecule has 0 aromatic heterocycles. The number of esters is 4. The minimum Gasteiger partial charge on any atom is -0.462 e. The average Bonchev–Trinajstić information content (AvgIpc) is 1.86. The molecule has 0 saturated carbocycles. The van der Waals surface area contributed by atoms with Gasteiger partial charge in [0.05, 0.1) is 26.4 Å². The van der Waals surface area contributed by atoms with Crippen molar-refractivity contribution in [2.24, 2.45) is 17.8 Å². The van der Waals surface area contributed by atoms with Crippen molar-refractivity contribution in [3.05, 3.63) is 24.3 Å². The van der Waals surface area contributed by atoms with Gasteiger partial charge in [0.25, 0.3) is 0 Å². The van der Waals surface area contributed by atoms with Crippen molar-refractivity contribution in [2.75, 3.05) is 39.6 Å². The Hall–Kier alpha value is -2.46. The average molecular weight is 1380 g/mol. The monoisotopic (exact) mass is 1380 g/mol. The van der Waals surface area contributed by atoms with E-state index in [9.17, 15) is 43.2 Å². The van der Waals surface area contributed by atoms with Crippen LogP contribution in [-0.2, 0) is 65.4 Å². The van der Waals surface area contributed by atoms with E-state index < -0.39 is 97.5 Å². The molecule has 0 bridgehead atoms. The summed E-state index contributed by atoms with van der Waals surface area (Å²) in [5.41, 5.74) is 0. The van der Waals surface area contributed by atoms with E-state index in [-0.39, 0.29) is 25.7 Å². The summed E-state index contributed by atoms with van der Waals surface area (Å²) in [6.45, 7) is 11.8. The number of allylic oxidation sites excluding steroid dienone is 4. The lowest BCUT2D eigenvalue weighted by Crippen LogP contribution is -2.30. The molecule has 0 aliphatic rings. The number of phosphoric acid groups is 2. The largest absolute Gasteiger partial charge is 0.472 e. The Balaban J connectivity index is 5.28. The van der Waals surface area contributed by atoms with E-state index in [1.54, 1.807) is 0 Å². The number of carbonyl (C=O) groups excluding carboxylic acids is 4. The second-order valence-corrected chi connectivity index (χ2v) is 30.5. The second kappa shape index (κ2) is 65.2. The van der Waals surface area contributed by atoms with E-state index in [1.807, 2.05) is 0 Å². The molecule has 0 saturated heterocycles. The maximum absolute atomic E-state index is 13.1. The molecular formula is C75H142O17P2. The minimum atomic E-state index is -4.96. The molecule has 19 heteroatoms. The zero-order chi connectivity index (χ0) is 69.4. The third kappa shape index (κ3) is 66.8. The normalized spacial score (nSPS) is 14.6. The van der Waals surface area contributed by atoms with E-state index in [1.165, 1.54) is 141 Å². The molecule has 0 aliphatic heterocycles. The lowest BCUT2D eigenvalue weighted by molar-refractivity contribution is -0.161. The minimum absolute atomic E-state index is 0.100. The van der Waals surface area contributed by atoms with Gasteiger partial charge in [0, 0.05) is 25.7 Å². The van der Waals surface area contributed by atoms with Gasteiger partial charge in [0.2, 0.25) is 0 Å². The Morgan fingerprint density at radius 1 is 0.351 bits per heavy atom. The molecule has 17 nitrogen and oxygen atoms in total. The van der Waals surface area contributed by atoms with Crippen LogP contribution in [-0.4, -0.2) is 96.7 Å². The summed E-state index contributed by atoms with van der Waals surface area (Å²) in [7, 11) is -9.92. The van der Waals surface area contributed by atoms with Crippen LogP contribution in [0.1, 0.15) is 357 Å². The van der Waals surface area contributed by atoms with Crippen LogP contribution in [0.15, 0.2) is 24.3 Å². The molecule has 0 aliphatic carbocycles. The maximum Gasteiger partial charge on any atom is 0.472 e. The quantitative estimate of drug-likeness (QED) is 0.0169. The summed E-state index contributed by atoms with van der Waals surface area (Å²) in [5.74, 6) is 0.111. The zero-order valence-corrected chi connectivity index (χ0v) is 62.7. The molecule has 94 heavy (non-hydrogen) atoms. The van der Waals surface area contributed by atoms with Gasteiger partial charge in [-0.05, 0) is 69.1 Å². The zero-order valence-electron chi connectivity index (χ0n) is 60.9. The Bertz CT molecular complexity index is 1930. The number of carbonyl (C=O) groups is 4. The van der Waals surface area contributed by atoms with Crippen molar-refractivity contribution in [1.29, 1.82) is 0 Å². The Morgan fingerprint density at radius 2 is 0.628 bits per heavy atom. The molecule has 0 aromatic rings. The van der Waals surface area contributed by atoms with E-state index in [2.05, 4.69) is 72.8 Å². The number of ether oxygens (including phenoxy) is 4. The van der Waals surface area contributed by atoms with Gasteiger partial charge in [0.15, 0.2) is 12.2 Å². The highest BCUT2D eigenvalue weighted by atomic mass is 31.2. The van der Waals surface area contributed by atoms with Crippen LogP contribution >= 0.6 is 15.6 Å². The van der Waals surface area contributed by atoms with Crippen LogP contribution in [0.25, 0.3) is 0 Å². The molecule has 0 radical (unpaired) electrons. The number of phosphoric ester groups is 2. The summed E-state index contributed by atoms with van der Waals surface area (Å²) in [5, 5.41) is 10.6. The number of unbranched alkanes of at least 4 members (excludes halogenated alkanes) is 35. The fourth-order valence-electron chi connectivity index (χ4n) is 10.9. The molecule has 0 fully saturated rings. The highest BCUT2D eigenvalue weighted by Gasteiger charge is 2.30. The first-order chi connectivity index (χ1) is 45.3. The third-order valence-corrected chi connectivity index (χ3v) is 19.0. The predicted molar refractivity (Wildman–Crippen MR) is 381 cm³/mol. The van der Waals surface area contributed by atoms with Gasteiger partial charge in [-0.25, -0.2) is 9.13 Å². The van der Waals surface area contributed by atoms with Gasteiger partial charge in [-0.2, -0.15) is 0 Å². The van der Waals surface area contributed by atoms with E-state index in [0.717, 1.165) is 121 Å². The molecule has 6 atom stereocenters. The summed E-state index contributed by atoms with van der Waals surface area (Å²) in [6.07, 6.45) is 53.6. The number of hydrogen-bond acceptors (Lipinski definition) is 15. The number of aliphatic hydroxyl groups excluding tert-OH is 1. The van der Waals surface area contributed by atoms with E-state index in [4.69, 9.17) is 37.0 Å². The molecule has 0 aromatic carbocycles. The first kappa shape index (κ1) is 91.5. The number of rotatable bonds is 71. The van der Waals surface area contributed by atoms with Crippen molar-refractivity contribution in [1.82, 2.24) is 0 Å². The van der Waals surface area contributed by atoms with Crippen molar-refractivity contribution in [3.8, 4) is 0 Å². The van der Waals surface area contributed by atoms with E-state index in [0.29, 0.717) is 37.5 Å². The highest BCUT2D eigenvalue weighted by molar-refractivity contribution is 7.47. The Kier molecular flexibility index (Phi) is 63.5. The molecule has 0 rings (SSSR count). The van der Waals surface area contributed by atoms with Crippen molar-refractivity contribution in [2.45, 2.75) is 375 Å². The van der Waals surface area contributed by atoms with Crippen molar-refractivity contribution < 1.29 is 80.2 Å². The number of aliphatic hydroxyl groups is 1. The second-order valence-electron chi connectivity index (χ2n) is 27.5. The molecule has 0 heterocycles. The Labute approximate surface area is 573 Å². The Morgan fingerprint density at radius 3 is 0.947 bits per heavy atom. The van der Waals surface area contributed by atoms with E-state index >= 15 is 0 Å². The smallest absolute Gasteiger partial charge is 0.462 e. The van der Waals surface area contributed by atoms with Crippen LogP contribution in [0.2, 0.25) is 0 Å². The van der Waals surface area contributed by atoms with Crippen LogP contribution in [0.5, 0.6) is 0 Å². The summed E-state index contributed by atoms with van der Waals surface area (Å²) in [6, 6.07) is 0. The van der Waals surface area contributed by atoms with Crippen LogP contribution in [0, 0.1) is 17.8 Å². The van der Waals surface area contributed by atoms with Crippen LogP contribution in [0.3, 0.4) is 0 Å². The number of hydrogen-bond donors (Lipinski definition) is 3. The molecule has 4 unspecified atom stereocenters. The first-order valence-electron chi connectivity index (χ1n) is 38.2. The SMILES string of the molecule is CCCCCC/C=C\C=C/CCCCCCCC(=O)OC[C@H](COP(=O)(O)OCC(O)COP(=O)(O)OC[C@@H](COC(=O)CCCCCCCCCC(C)C)OC(=O)CCCCCCCCCCC(C)C)OC(=O)CCCCCCCCCCCCCCCCC(C)CC. The fourth-order valence-corrected chi connectivity index (χ4v) is 12.4. The van der Waals surface area contributed by atoms with Crippen LogP contribution < -0.4 is 0 Å². The lowest BCUT2D eigenvalue weighted by atomic mass is 9.99. The van der Waals surface area contributed by atoms with Gasteiger partial charge < -0.3 is 33.8 Å². The van der Waals surface area contributed by atoms with Gasteiger partial charge >= 0.3 is 39.5 Å². The molecule has 554 valence electrons. The van der Waals surface area contributed by atoms with Crippen LogP contribution in [0.4, 0.5) is 0 Å².